The molecule has 0 unspecified atom stereocenters. The lowest BCUT2D eigenvalue weighted by molar-refractivity contribution is 0.0615. The molecule has 0 radical (unpaired) electrons. The minimum Gasteiger partial charge on any atom is -0.409 e. The molecule has 1 heterocycles. The van der Waals surface area contributed by atoms with Gasteiger partial charge in [-0.3, -0.25) is 4.98 Å². The Morgan fingerprint density at radius 2 is 2.38 bits per heavy atom. The van der Waals surface area contributed by atoms with Crippen LogP contribution in [0.1, 0.15) is 11.3 Å². The summed E-state index contributed by atoms with van der Waals surface area (Å²) in [5, 5.41) is 11.5. The lowest BCUT2D eigenvalue weighted by atomic mass is 10.2. The van der Waals surface area contributed by atoms with Gasteiger partial charge in [-0.1, -0.05) is 11.2 Å². The largest absolute Gasteiger partial charge is 0.409 e. The van der Waals surface area contributed by atoms with Crippen molar-refractivity contribution in [3.8, 4) is 0 Å². The average molecular weight is 225 g/mol. The van der Waals surface area contributed by atoms with Gasteiger partial charge in [0.2, 0.25) is 0 Å². The molecule has 88 valence electrons. The first-order valence-corrected chi connectivity index (χ1v) is 4.78. The molecule has 0 saturated carbocycles. The van der Waals surface area contributed by atoms with Gasteiger partial charge in [-0.05, 0) is 6.07 Å². The fourth-order valence-corrected chi connectivity index (χ4v) is 1.16. The molecule has 0 aliphatic heterocycles. The number of pyridine rings is 1. The predicted octanol–water partition coefficient (Wildman–Crippen LogP) is 0.339. The lowest BCUT2D eigenvalue weighted by Gasteiger charge is -2.07. The van der Waals surface area contributed by atoms with Gasteiger partial charge in [0.1, 0.15) is 5.69 Å². The zero-order valence-corrected chi connectivity index (χ0v) is 9.09. The maximum absolute atomic E-state index is 8.58. The molecule has 6 heteroatoms. The first-order valence-electron chi connectivity index (χ1n) is 4.78. The van der Waals surface area contributed by atoms with E-state index in [9.17, 15) is 0 Å². The lowest BCUT2D eigenvalue weighted by Crippen LogP contribution is -2.18. The van der Waals surface area contributed by atoms with Gasteiger partial charge >= 0.3 is 0 Å². The number of amidine groups is 1. The maximum Gasteiger partial charge on any atom is 0.189 e. The third-order valence-corrected chi connectivity index (χ3v) is 1.93. The van der Waals surface area contributed by atoms with E-state index in [4.69, 9.17) is 20.4 Å². The van der Waals surface area contributed by atoms with Gasteiger partial charge in [0.25, 0.3) is 0 Å². The third kappa shape index (κ3) is 3.48. The Kier molecular flexibility index (Phi) is 5.24. The van der Waals surface area contributed by atoms with Crippen LogP contribution in [-0.4, -0.2) is 36.4 Å². The van der Waals surface area contributed by atoms with Crippen molar-refractivity contribution in [2.24, 2.45) is 10.9 Å². The van der Waals surface area contributed by atoms with Crippen molar-refractivity contribution in [2.45, 2.75) is 6.61 Å². The van der Waals surface area contributed by atoms with Crippen LogP contribution in [0, 0.1) is 0 Å². The van der Waals surface area contributed by atoms with E-state index in [1.165, 1.54) is 0 Å². The van der Waals surface area contributed by atoms with Crippen LogP contribution < -0.4 is 5.73 Å². The fourth-order valence-electron chi connectivity index (χ4n) is 1.16. The normalized spacial score (nSPS) is 11.7. The number of ether oxygens (including phenoxy) is 2. The zero-order chi connectivity index (χ0) is 11.8. The zero-order valence-electron chi connectivity index (χ0n) is 9.09. The van der Waals surface area contributed by atoms with E-state index < -0.39 is 0 Å². The Bertz CT molecular complexity index is 355. The number of rotatable bonds is 6. The standard InChI is InChI=1S/C10H15N3O3/c1-15-5-6-16-7-8-3-2-4-12-9(8)10(11)13-14/h2-4,14H,5-7H2,1H3,(H2,11,13). The molecule has 0 amide bonds. The molecule has 1 aromatic heterocycles. The highest BCUT2D eigenvalue weighted by Crippen LogP contribution is 2.06. The number of aromatic nitrogens is 1. The number of oxime groups is 1. The molecule has 3 N–H and O–H groups in total. The quantitative estimate of drug-likeness (QED) is 0.239. The maximum atomic E-state index is 8.58. The molecule has 6 nitrogen and oxygen atoms in total. The number of hydrogen-bond acceptors (Lipinski definition) is 5. The second-order valence-electron chi connectivity index (χ2n) is 3.04. The Hall–Kier alpha value is -1.66. The summed E-state index contributed by atoms with van der Waals surface area (Å²) in [6.07, 6.45) is 1.58. The van der Waals surface area contributed by atoms with Crippen molar-refractivity contribution in [1.82, 2.24) is 4.98 Å². The van der Waals surface area contributed by atoms with Crippen molar-refractivity contribution >= 4 is 5.84 Å². The summed E-state index contributed by atoms with van der Waals surface area (Å²) in [6.45, 7) is 1.36. The van der Waals surface area contributed by atoms with Crippen molar-refractivity contribution in [3.63, 3.8) is 0 Å². The molecule has 1 aromatic rings. The molecule has 0 aliphatic rings. The number of methoxy groups -OCH3 is 1. The molecular weight excluding hydrogens is 210 g/mol. The molecule has 0 bridgehead atoms. The third-order valence-electron chi connectivity index (χ3n) is 1.93. The summed E-state index contributed by atoms with van der Waals surface area (Å²) >= 11 is 0. The van der Waals surface area contributed by atoms with Crippen LogP contribution in [0.15, 0.2) is 23.5 Å². The molecular formula is C10H15N3O3. The molecule has 1 rings (SSSR count). The second-order valence-corrected chi connectivity index (χ2v) is 3.04. The highest BCUT2D eigenvalue weighted by Gasteiger charge is 2.07. The van der Waals surface area contributed by atoms with E-state index in [2.05, 4.69) is 10.1 Å². The van der Waals surface area contributed by atoms with Crippen LogP contribution in [0.4, 0.5) is 0 Å². The van der Waals surface area contributed by atoms with Gasteiger partial charge < -0.3 is 20.4 Å². The Labute approximate surface area is 93.7 Å². The minimum atomic E-state index is -0.0223. The smallest absolute Gasteiger partial charge is 0.189 e. The van der Waals surface area contributed by atoms with Crippen LogP contribution in [0.25, 0.3) is 0 Å². The second kappa shape index (κ2) is 6.76. The van der Waals surface area contributed by atoms with Gasteiger partial charge in [-0.25, -0.2) is 0 Å². The highest BCUT2D eigenvalue weighted by atomic mass is 16.5. The SMILES string of the molecule is COCCOCc1cccnc1C(N)=NO. The summed E-state index contributed by atoms with van der Waals surface area (Å²) in [5.41, 5.74) is 6.69. The van der Waals surface area contributed by atoms with Crippen molar-refractivity contribution < 1.29 is 14.7 Å². The van der Waals surface area contributed by atoms with Crippen molar-refractivity contribution in [1.29, 1.82) is 0 Å². The molecule has 16 heavy (non-hydrogen) atoms. The van der Waals surface area contributed by atoms with Gasteiger partial charge in [-0.2, -0.15) is 0 Å². The fraction of sp³-hybridized carbons (Fsp3) is 0.400. The molecule has 0 aliphatic carbocycles. The van der Waals surface area contributed by atoms with E-state index in [-0.39, 0.29) is 5.84 Å². The van der Waals surface area contributed by atoms with Crippen LogP contribution in [0.3, 0.4) is 0 Å². The first kappa shape index (κ1) is 12.4. The monoisotopic (exact) mass is 225 g/mol. The summed E-state index contributed by atoms with van der Waals surface area (Å²) in [7, 11) is 1.61. The Morgan fingerprint density at radius 3 is 3.06 bits per heavy atom. The Balaban J connectivity index is 2.64. The minimum absolute atomic E-state index is 0.0223. The molecule has 0 atom stereocenters. The average Bonchev–Trinajstić information content (AvgIpc) is 2.34. The number of hydrogen-bond donors (Lipinski definition) is 2. The van der Waals surface area contributed by atoms with Crippen LogP contribution in [0.2, 0.25) is 0 Å². The number of nitrogens with two attached hydrogens (primary N) is 1. The molecule has 0 saturated heterocycles. The predicted molar refractivity (Wildman–Crippen MR) is 58.3 cm³/mol. The molecule has 0 aromatic carbocycles. The summed E-state index contributed by atoms with van der Waals surface area (Å²) in [4.78, 5) is 4.02. The first-order chi connectivity index (χ1) is 7.79. The van der Waals surface area contributed by atoms with Crippen molar-refractivity contribution in [3.05, 3.63) is 29.6 Å². The van der Waals surface area contributed by atoms with E-state index in [1.54, 1.807) is 19.4 Å². The van der Waals surface area contributed by atoms with Crippen LogP contribution >= 0.6 is 0 Å². The number of nitrogens with zero attached hydrogens (tertiary/aromatic N) is 2. The summed E-state index contributed by atoms with van der Waals surface area (Å²) in [6, 6.07) is 3.58. The van der Waals surface area contributed by atoms with Gasteiger partial charge in [-0.15, -0.1) is 0 Å². The highest BCUT2D eigenvalue weighted by molar-refractivity contribution is 5.96. The van der Waals surface area contributed by atoms with Crippen LogP contribution in [-0.2, 0) is 16.1 Å². The van der Waals surface area contributed by atoms with E-state index in [0.29, 0.717) is 25.5 Å². The van der Waals surface area contributed by atoms with Gasteiger partial charge in [0, 0.05) is 18.9 Å². The van der Waals surface area contributed by atoms with Gasteiger partial charge in [0.15, 0.2) is 5.84 Å². The Morgan fingerprint density at radius 1 is 1.56 bits per heavy atom. The van der Waals surface area contributed by atoms with E-state index >= 15 is 0 Å². The van der Waals surface area contributed by atoms with Gasteiger partial charge in [0.05, 0.1) is 19.8 Å². The van der Waals surface area contributed by atoms with Crippen LogP contribution in [0.5, 0.6) is 0 Å². The van der Waals surface area contributed by atoms with Crippen molar-refractivity contribution in [2.75, 3.05) is 20.3 Å². The topological polar surface area (TPSA) is 90.0 Å². The van der Waals surface area contributed by atoms with E-state index in [0.717, 1.165) is 5.56 Å². The molecule has 0 fully saturated rings. The summed E-state index contributed by atoms with van der Waals surface area (Å²) in [5.74, 6) is -0.0223. The molecule has 0 spiro atoms. The van der Waals surface area contributed by atoms with E-state index in [1.807, 2.05) is 6.07 Å². The summed E-state index contributed by atoms with van der Waals surface area (Å²) < 4.78 is 10.2.